The number of nitrogens with one attached hydrogen (secondary N) is 2. The van der Waals surface area contributed by atoms with Crippen LogP contribution in [0.4, 0.5) is 32.1 Å². The fraction of sp³-hybridized carbons (Fsp3) is 0.304. The zero-order chi connectivity index (χ0) is 26.5. The third-order valence-corrected chi connectivity index (χ3v) is 7.06. The molecule has 3 heterocycles. The van der Waals surface area contributed by atoms with Gasteiger partial charge in [-0.3, -0.25) is 9.78 Å². The van der Waals surface area contributed by atoms with Crippen molar-refractivity contribution in [2.75, 3.05) is 30.6 Å². The standard InChI is InChI=1S/C23H24F2N8O3S/c1-32-11-13(10-26-32)20-19(12-5-6-12)22(27-17-9-18(36-3)31-30-17)29-23(28-20)33(2)21-15(24)7-14(8-16(21)25)37(4,34)35/h7-12H,5-6H2,1-4H3,(H2,27,28,29,30,31). The molecule has 1 fully saturated rings. The van der Waals surface area contributed by atoms with Gasteiger partial charge in [0.25, 0.3) is 0 Å². The second-order valence-corrected chi connectivity index (χ2v) is 10.8. The Labute approximate surface area is 211 Å². The van der Waals surface area contributed by atoms with E-state index in [1.165, 1.54) is 14.2 Å². The van der Waals surface area contributed by atoms with Crippen LogP contribution in [0.5, 0.6) is 5.88 Å². The summed E-state index contributed by atoms with van der Waals surface area (Å²) in [7, 11) is 0.861. The molecule has 4 aromatic rings. The van der Waals surface area contributed by atoms with Crippen molar-refractivity contribution in [3.8, 4) is 17.1 Å². The van der Waals surface area contributed by atoms with Crippen molar-refractivity contribution >= 4 is 33.1 Å². The maximum atomic E-state index is 15.1. The van der Waals surface area contributed by atoms with E-state index in [0.29, 0.717) is 28.8 Å². The van der Waals surface area contributed by atoms with Crippen LogP contribution >= 0.6 is 0 Å². The second-order valence-electron chi connectivity index (χ2n) is 8.83. The fourth-order valence-corrected chi connectivity index (χ4v) is 4.64. The van der Waals surface area contributed by atoms with Crippen molar-refractivity contribution in [1.29, 1.82) is 0 Å². The fourth-order valence-electron chi connectivity index (χ4n) is 4.00. The van der Waals surface area contributed by atoms with Gasteiger partial charge in [0.2, 0.25) is 11.8 Å². The Morgan fingerprint density at radius 1 is 1.19 bits per heavy atom. The Balaban J connectivity index is 1.67. The molecule has 1 saturated carbocycles. The van der Waals surface area contributed by atoms with Crippen LogP contribution in [-0.4, -0.2) is 58.8 Å². The molecule has 0 bridgehead atoms. The molecule has 14 heteroatoms. The Morgan fingerprint density at radius 2 is 1.89 bits per heavy atom. The van der Waals surface area contributed by atoms with Gasteiger partial charge in [0, 0.05) is 43.7 Å². The van der Waals surface area contributed by atoms with Crippen molar-refractivity contribution in [2.24, 2.45) is 7.05 Å². The number of benzene rings is 1. The number of hydrogen-bond donors (Lipinski definition) is 2. The lowest BCUT2D eigenvalue weighted by molar-refractivity contribution is 0.397. The molecule has 1 aliphatic rings. The molecule has 0 aliphatic heterocycles. The van der Waals surface area contributed by atoms with Gasteiger partial charge in [0.05, 0.1) is 23.9 Å². The summed E-state index contributed by atoms with van der Waals surface area (Å²) in [6, 6.07) is 3.21. The van der Waals surface area contributed by atoms with Crippen molar-refractivity contribution in [1.82, 2.24) is 29.9 Å². The van der Waals surface area contributed by atoms with Crippen LogP contribution in [0.15, 0.2) is 35.5 Å². The summed E-state index contributed by atoms with van der Waals surface area (Å²) in [4.78, 5) is 10.00. The number of rotatable bonds is 8. The number of halogens is 2. The molecule has 0 spiro atoms. The highest BCUT2D eigenvalue weighted by Gasteiger charge is 2.33. The average Bonchev–Trinajstić information content (AvgIpc) is 3.41. The molecule has 0 unspecified atom stereocenters. The van der Waals surface area contributed by atoms with Gasteiger partial charge in [-0.15, -0.1) is 5.10 Å². The number of aromatic amines is 1. The quantitative estimate of drug-likeness (QED) is 0.350. The first-order valence-electron chi connectivity index (χ1n) is 11.3. The molecule has 37 heavy (non-hydrogen) atoms. The lowest BCUT2D eigenvalue weighted by Gasteiger charge is -2.22. The van der Waals surface area contributed by atoms with Crippen molar-refractivity contribution in [3.05, 3.63) is 47.8 Å². The smallest absolute Gasteiger partial charge is 0.234 e. The van der Waals surface area contributed by atoms with Crippen LogP contribution in [-0.2, 0) is 16.9 Å². The molecule has 194 valence electrons. The van der Waals surface area contributed by atoms with Gasteiger partial charge >= 0.3 is 0 Å². The van der Waals surface area contributed by atoms with E-state index in [1.807, 2.05) is 0 Å². The third-order valence-electron chi connectivity index (χ3n) is 5.97. The third kappa shape index (κ3) is 4.83. The molecular formula is C23H24F2N8O3S. The van der Waals surface area contributed by atoms with E-state index >= 15 is 8.78 Å². The van der Waals surface area contributed by atoms with Crippen molar-refractivity contribution < 1.29 is 21.9 Å². The summed E-state index contributed by atoms with van der Waals surface area (Å²) in [5.74, 6) is -0.658. The molecule has 0 radical (unpaired) electrons. The van der Waals surface area contributed by atoms with Crippen LogP contribution in [0.25, 0.3) is 11.3 Å². The number of aromatic nitrogens is 6. The summed E-state index contributed by atoms with van der Waals surface area (Å²) < 4.78 is 60.5. The molecule has 2 N–H and O–H groups in total. The second kappa shape index (κ2) is 9.10. The van der Waals surface area contributed by atoms with Gasteiger partial charge in [-0.1, -0.05) is 0 Å². The summed E-state index contributed by atoms with van der Waals surface area (Å²) in [5.41, 5.74) is 1.63. The molecule has 0 saturated heterocycles. The van der Waals surface area contributed by atoms with Crippen molar-refractivity contribution in [2.45, 2.75) is 23.7 Å². The lowest BCUT2D eigenvalue weighted by Crippen LogP contribution is -2.19. The molecule has 3 aromatic heterocycles. The zero-order valence-electron chi connectivity index (χ0n) is 20.5. The minimum absolute atomic E-state index is 0.0119. The van der Waals surface area contributed by atoms with Gasteiger partial charge in [-0.2, -0.15) is 10.1 Å². The van der Waals surface area contributed by atoms with E-state index in [2.05, 4.69) is 25.6 Å². The summed E-state index contributed by atoms with van der Waals surface area (Å²) >= 11 is 0. The highest BCUT2D eigenvalue weighted by molar-refractivity contribution is 7.90. The van der Waals surface area contributed by atoms with E-state index in [0.717, 1.165) is 41.7 Å². The Morgan fingerprint density at radius 3 is 2.43 bits per heavy atom. The van der Waals surface area contributed by atoms with Gasteiger partial charge < -0.3 is 15.0 Å². The Hall–Kier alpha value is -4.07. The van der Waals surface area contributed by atoms with Crippen molar-refractivity contribution in [3.63, 3.8) is 0 Å². The predicted molar refractivity (Wildman–Crippen MR) is 132 cm³/mol. The number of H-pyrrole nitrogens is 1. The number of sulfone groups is 1. The maximum absolute atomic E-state index is 15.1. The van der Waals surface area contributed by atoms with E-state index in [-0.39, 0.29) is 11.9 Å². The molecule has 1 aromatic carbocycles. The first-order chi connectivity index (χ1) is 17.5. The van der Waals surface area contributed by atoms with Gasteiger partial charge in [0.1, 0.15) is 17.3 Å². The predicted octanol–water partition coefficient (Wildman–Crippen LogP) is 3.68. The first kappa shape index (κ1) is 24.6. The number of nitrogens with zero attached hydrogens (tertiary/aromatic N) is 6. The summed E-state index contributed by atoms with van der Waals surface area (Å²) in [5, 5.41) is 14.3. The van der Waals surface area contributed by atoms with E-state index in [1.54, 1.807) is 30.2 Å². The summed E-state index contributed by atoms with van der Waals surface area (Å²) in [6.45, 7) is 0. The number of anilines is 4. The topological polar surface area (TPSA) is 131 Å². The lowest BCUT2D eigenvalue weighted by atomic mass is 10.1. The largest absolute Gasteiger partial charge is 0.480 e. The van der Waals surface area contributed by atoms with Gasteiger partial charge in [0.15, 0.2) is 21.5 Å². The first-order valence-corrected chi connectivity index (χ1v) is 13.1. The highest BCUT2D eigenvalue weighted by atomic mass is 32.2. The summed E-state index contributed by atoms with van der Waals surface area (Å²) in [6.07, 6.45) is 6.20. The average molecular weight is 531 g/mol. The number of aryl methyl sites for hydroxylation is 1. The van der Waals surface area contributed by atoms with Crippen LogP contribution in [0.3, 0.4) is 0 Å². The number of methoxy groups -OCH3 is 1. The molecular weight excluding hydrogens is 506 g/mol. The van der Waals surface area contributed by atoms with Gasteiger partial charge in [-0.25, -0.2) is 22.2 Å². The highest BCUT2D eigenvalue weighted by Crippen LogP contribution is 2.48. The molecule has 1 aliphatic carbocycles. The Kier molecular flexibility index (Phi) is 6.06. The Bertz CT molecular complexity index is 1570. The van der Waals surface area contributed by atoms with Crippen LogP contribution in [0.2, 0.25) is 0 Å². The molecule has 5 rings (SSSR count). The molecule has 0 amide bonds. The monoisotopic (exact) mass is 530 g/mol. The molecule has 0 atom stereocenters. The van der Waals surface area contributed by atoms with Crippen LogP contribution < -0.4 is 15.0 Å². The van der Waals surface area contributed by atoms with E-state index in [9.17, 15) is 8.42 Å². The van der Waals surface area contributed by atoms with Crippen LogP contribution in [0, 0.1) is 11.6 Å². The number of hydrogen-bond acceptors (Lipinski definition) is 9. The minimum Gasteiger partial charge on any atom is -0.480 e. The van der Waals surface area contributed by atoms with E-state index in [4.69, 9.17) is 9.72 Å². The van der Waals surface area contributed by atoms with E-state index < -0.39 is 32.1 Å². The maximum Gasteiger partial charge on any atom is 0.234 e. The van der Waals surface area contributed by atoms with Gasteiger partial charge in [-0.05, 0) is 30.9 Å². The normalized spacial score (nSPS) is 13.6. The SMILES string of the molecule is COc1cc(Nc2nc(N(C)c3c(F)cc(S(C)(=O)=O)cc3F)nc(-c3cnn(C)c3)c2C2CC2)[nH]n1. The minimum atomic E-state index is -3.81. The zero-order valence-corrected chi connectivity index (χ0v) is 21.3. The number of ether oxygens (including phenoxy) is 1. The molecule has 11 nitrogen and oxygen atoms in total. The van der Waals surface area contributed by atoms with Crippen LogP contribution in [0.1, 0.15) is 24.3 Å².